The van der Waals surface area contributed by atoms with Gasteiger partial charge in [-0.25, -0.2) is 24.0 Å². The monoisotopic (exact) mass is 486 g/mol. The number of nitrogens with one attached hydrogen (secondary N) is 1. The predicted molar refractivity (Wildman–Crippen MR) is 132 cm³/mol. The van der Waals surface area contributed by atoms with Gasteiger partial charge in [0.05, 0.1) is 17.6 Å². The number of rotatable bonds is 5. The Morgan fingerprint density at radius 3 is 2.83 bits per heavy atom. The highest BCUT2D eigenvalue weighted by Gasteiger charge is 2.28. The number of likely N-dealkylation sites (tertiary alicyclic amines) is 1. The molecule has 0 spiro atoms. The lowest BCUT2D eigenvalue weighted by atomic mass is 10.1. The second kappa shape index (κ2) is 9.53. The molecule has 36 heavy (non-hydrogen) atoms. The molecule has 0 radical (unpaired) electrons. The highest BCUT2D eigenvalue weighted by atomic mass is 19.1. The number of anilines is 2. The number of piperidine rings is 1. The van der Waals surface area contributed by atoms with Crippen LogP contribution >= 0.6 is 0 Å². The van der Waals surface area contributed by atoms with E-state index in [1.165, 1.54) is 24.5 Å². The van der Waals surface area contributed by atoms with Gasteiger partial charge in [0.1, 0.15) is 29.5 Å². The van der Waals surface area contributed by atoms with Crippen LogP contribution in [0.3, 0.4) is 0 Å². The summed E-state index contributed by atoms with van der Waals surface area (Å²) in [6, 6.07) is 9.39. The van der Waals surface area contributed by atoms with Gasteiger partial charge in [-0.1, -0.05) is 18.7 Å². The number of pyridine rings is 1. The van der Waals surface area contributed by atoms with Gasteiger partial charge in [0.25, 0.3) is 5.91 Å². The van der Waals surface area contributed by atoms with E-state index in [9.17, 15) is 14.0 Å². The normalized spacial score (nSPS) is 15.6. The van der Waals surface area contributed by atoms with Crippen LogP contribution in [0.1, 0.15) is 29.2 Å². The average molecular weight is 487 g/mol. The summed E-state index contributed by atoms with van der Waals surface area (Å²) in [5, 5.41) is 8.07. The number of hydrogen-bond acceptors (Lipinski definition) is 7. The minimum atomic E-state index is -0.493. The molecule has 10 nitrogen and oxygen atoms in total. The molecule has 1 saturated heterocycles. The summed E-state index contributed by atoms with van der Waals surface area (Å²) in [6.07, 6.45) is 5.35. The number of hydrogen-bond donors (Lipinski definition) is 2. The first-order valence-corrected chi connectivity index (χ1v) is 11.4. The van der Waals surface area contributed by atoms with E-state index in [-0.39, 0.29) is 23.6 Å². The van der Waals surface area contributed by atoms with Crippen LogP contribution in [0.4, 0.5) is 16.0 Å². The molecule has 11 heteroatoms. The number of nitrogens with zero attached hydrogens (tertiary/aromatic N) is 6. The summed E-state index contributed by atoms with van der Waals surface area (Å²) < 4.78 is 14.9. The summed E-state index contributed by atoms with van der Waals surface area (Å²) in [7, 11) is 0. The lowest BCUT2D eigenvalue weighted by Gasteiger charge is -2.32. The molecule has 1 aliphatic rings. The number of aromatic nitrogens is 5. The molecule has 0 saturated carbocycles. The van der Waals surface area contributed by atoms with Gasteiger partial charge in [0.15, 0.2) is 5.65 Å². The van der Waals surface area contributed by atoms with Crippen LogP contribution in [-0.2, 0) is 4.79 Å². The van der Waals surface area contributed by atoms with E-state index in [1.807, 2.05) is 6.07 Å². The molecule has 182 valence electrons. The Labute approximate surface area is 205 Å². The van der Waals surface area contributed by atoms with Crippen molar-refractivity contribution in [2.45, 2.75) is 18.9 Å². The second-order valence-electron chi connectivity index (χ2n) is 8.43. The third-order valence-electron chi connectivity index (χ3n) is 6.11. The lowest BCUT2D eigenvalue weighted by Crippen LogP contribution is -2.40. The largest absolute Gasteiger partial charge is 0.383 e. The van der Waals surface area contributed by atoms with Crippen molar-refractivity contribution in [1.29, 1.82) is 0 Å². The maximum Gasteiger partial charge on any atom is 0.256 e. The zero-order valence-electron chi connectivity index (χ0n) is 19.3. The van der Waals surface area contributed by atoms with Crippen LogP contribution < -0.4 is 11.1 Å². The Bertz CT molecular complexity index is 1470. The van der Waals surface area contributed by atoms with Crippen molar-refractivity contribution in [2.24, 2.45) is 0 Å². The van der Waals surface area contributed by atoms with Crippen molar-refractivity contribution >= 4 is 34.5 Å². The van der Waals surface area contributed by atoms with Crippen molar-refractivity contribution in [3.05, 3.63) is 73.0 Å². The zero-order valence-corrected chi connectivity index (χ0v) is 19.3. The molecule has 0 aliphatic carbocycles. The molecule has 3 N–H and O–H groups in total. The Morgan fingerprint density at radius 1 is 1.19 bits per heavy atom. The van der Waals surface area contributed by atoms with E-state index in [0.717, 1.165) is 19.0 Å². The number of fused-ring (bicyclic) bond motifs is 1. The van der Waals surface area contributed by atoms with Gasteiger partial charge in [-0.15, -0.1) is 0 Å². The molecule has 3 aromatic heterocycles. The fourth-order valence-corrected chi connectivity index (χ4v) is 4.38. The van der Waals surface area contributed by atoms with Crippen LogP contribution in [0.15, 0.2) is 61.6 Å². The highest BCUT2D eigenvalue weighted by molar-refractivity contribution is 6.05. The van der Waals surface area contributed by atoms with Crippen molar-refractivity contribution in [1.82, 2.24) is 29.6 Å². The van der Waals surface area contributed by atoms with E-state index in [4.69, 9.17) is 10.8 Å². The maximum atomic E-state index is 13.1. The highest BCUT2D eigenvalue weighted by Crippen LogP contribution is 2.34. The molecule has 5 rings (SSSR count). The van der Waals surface area contributed by atoms with Gasteiger partial charge < -0.3 is 16.0 Å². The Kier molecular flexibility index (Phi) is 6.11. The molecule has 0 bridgehead atoms. The van der Waals surface area contributed by atoms with Crippen LogP contribution in [0.25, 0.3) is 22.3 Å². The SMILES string of the molecule is C=CC(=O)N1CCC[C@@H](n2nc(-c3cccc(C(=O)Nc4ccc(F)cn4)c3)c3c(N)ncnc32)C1. The van der Waals surface area contributed by atoms with Crippen molar-refractivity contribution < 1.29 is 14.0 Å². The van der Waals surface area contributed by atoms with Gasteiger partial charge >= 0.3 is 0 Å². The second-order valence-corrected chi connectivity index (χ2v) is 8.43. The third-order valence-corrected chi connectivity index (χ3v) is 6.11. The summed E-state index contributed by atoms with van der Waals surface area (Å²) >= 11 is 0. The molecule has 4 heterocycles. The minimum absolute atomic E-state index is 0.107. The third kappa shape index (κ3) is 4.38. The first kappa shape index (κ1) is 23.1. The predicted octanol–water partition coefficient (Wildman–Crippen LogP) is 3.21. The fraction of sp³-hybridized carbons (Fsp3) is 0.200. The minimum Gasteiger partial charge on any atom is -0.383 e. The Hall–Kier alpha value is -4.67. The molecule has 1 aliphatic heterocycles. The summed E-state index contributed by atoms with van der Waals surface area (Å²) in [4.78, 5) is 39.2. The first-order chi connectivity index (χ1) is 17.4. The maximum absolute atomic E-state index is 13.1. The van der Waals surface area contributed by atoms with Crippen molar-refractivity contribution in [3.8, 4) is 11.3 Å². The van der Waals surface area contributed by atoms with Gasteiger partial charge in [0, 0.05) is 24.2 Å². The smallest absolute Gasteiger partial charge is 0.256 e. The van der Waals surface area contributed by atoms with E-state index in [2.05, 4.69) is 26.8 Å². The molecular weight excluding hydrogens is 463 g/mol. The molecule has 1 aromatic carbocycles. The van der Waals surface area contributed by atoms with Gasteiger partial charge in [-0.2, -0.15) is 5.10 Å². The molecule has 1 fully saturated rings. The number of nitrogens with two attached hydrogens (primary N) is 1. The number of nitrogen functional groups attached to an aromatic ring is 1. The Morgan fingerprint density at radius 2 is 2.06 bits per heavy atom. The van der Waals surface area contributed by atoms with E-state index >= 15 is 0 Å². The number of carbonyl (C=O) groups excluding carboxylic acids is 2. The molecule has 2 amide bonds. The van der Waals surface area contributed by atoms with Crippen LogP contribution in [0, 0.1) is 5.82 Å². The number of benzene rings is 1. The molecular formula is C25H23FN8O2. The number of carbonyl (C=O) groups is 2. The van der Waals surface area contributed by atoms with Gasteiger partial charge in [0.2, 0.25) is 5.91 Å². The molecule has 1 atom stereocenters. The summed E-state index contributed by atoms with van der Waals surface area (Å²) in [5.74, 6) is -0.529. The van der Waals surface area contributed by atoms with E-state index < -0.39 is 11.7 Å². The standard InChI is InChI=1S/C25H23FN8O2/c1-2-20(35)33-10-4-7-18(13-33)34-24-21(23(27)29-14-30-24)22(32-34)15-5-3-6-16(11-15)25(36)31-19-9-8-17(26)12-28-19/h2-3,5-6,8-9,11-12,14,18H,1,4,7,10,13H2,(H2,27,29,30)(H,28,31,36)/t18-/m1/s1. The Balaban J connectivity index is 1.51. The first-order valence-electron chi connectivity index (χ1n) is 11.4. The topological polar surface area (TPSA) is 132 Å². The van der Waals surface area contributed by atoms with E-state index in [1.54, 1.807) is 27.8 Å². The zero-order chi connectivity index (χ0) is 25.2. The number of amides is 2. The van der Waals surface area contributed by atoms with Crippen LogP contribution in [-0.4, -0.2) is 54.5 Å². The van der Waals surface area contributed by atoms with E-state index in [0.29, 0.717) is 40.9 Å². The van der Waals surface area contributed by atoms with Gasteiger partial charge in [-0.05, 0) is 43.2 Å². The summed E-state index contributed by atoms with van der Waals surface area (Å²) in [5.41, 5.74) is 8.34. The lowest BCUT2D eigenvalue weighted by molar-refractivity contribution is -0.127. The average Bonchev–Trinajstić information content (AvgIpc) is 3.31. The molecule has 0 unspecified atom stereocenters. The van der Waals surface area contributed by atoms with Crippen LogP contribution in [0.5, 0.6) is 0 Å². The number of halogens is 1. The quantitative estimate of drug-likeness (QED) is 0.414. The summed E-state index contributed by atoms with van der Waals surface area (Å²) in [6.45, 7) is 4.72. The van der Waals surface area contributed by atoms with Crippen molar-refractivity contribution in [3.63, 3.8) is 0 Å². The van der Waals surface area contributed by atoms with Crippen molar-refractivity contribution in [2.75, 3.05) is 24.1 Å². The van der Waals surface area contributed by atoms with Gasteiger partial charge in [-0.3, -0.25) is 9.59 Å². The fourth-order valence-electron chi connectivity index (χ4n) is 4.38. The molecule has 4 aromatic rings. The van der Waals surface area contributed by atoms with Crippen LogP contribution in [0.2, 0.25) is 0 Å².